The zero-order valence-electron chi connectivity index (χ0n) is 19.1. The van der Waals surface area contributed by atoms with Crippen molar-refractivity contribution in [3.05, 3.63) is 113 Å². The summed E-state index contributed by atoms with van der Waals surface area (Å²) in [5.74, 6) is -1.50. The first kappa shape index (κ1) is 21.3. The fourth-order valence-electron chi connectivity index (χ4n) is 5.39. The summed E-state index contributed by atoms with van der Waals surface area (Å²) in [6.45, 7) is 0. The van der Waals surface area contributed by atoms with Crippen molar-refractivity contribution in [2.45, 2.75) is 31.7 Å². The Bertz CT molecular complexity index is 1500. The first-order valence-electron chi connectivity index (χ1n) is 11.9. The molecule has 0 radical (unpaired) electrons. The molecule has 1 N–H and O–H groups in total. The van der Waals surface area contributed by atoms with E-state index in [1.165, 1.54) is 16.0 Å². The van der Waals surface area contributed by atoms with E-state index in [0.717, 1.165) is 36.5 Å². The molecule has 0 saturated carbocycles. The topological polar surface area (TPSA) is 70.5 Å². The van der Waals surface area contributed by atoms with Crippen LogP contribution in [0.2, 0.25) is 0 Å². The Morgan fingerprint density at radius 3 is 2.51 bits per heavy atom. The molecule has 0 spiro atoms. The molecular weight excluding hydrogens is 436 g/mol. The van der Waals surface area contributed by atoms with Crippen LogP contribution in [0.3, 0.4) is 0 Å². The lowest BCUT2D eigenvalue weighted by Gasteiger charge is -2.26. The Morgan fingerprint density at radius 1 is 0.886 bits per heavy atom. The Balaban J connectivity index is 1.57. The second kappa shape index (κ2) is 8.51. The van der Waals surface area contributed by atoms with Gasteiger partial charge in [0.15, 0.2) is 0 Å². The summed E-state index contributed by atoms with van der Waals surface area (Å²) < 4.78 is 0. The third kappa shape index (κ3) is 3.51. The fraction of sp³-hybridized carbons (Fsp3) is 0.167. The fourth-order valence-corrected chi connectivity index (χ4v) is 5.39. The monoisotopic (exact) mass is 460 g/mol. The van der Waals surface area contributed by atoms with E-state index in [9.17, 15) is 14.7 Å². The Hall–Kier alpha value is -4.25. The number of aliphatic hydroxyl groups excluding tert-OH is 1. The number of carbonyl (C=O) groups excluding carboxylic acids is 2. The van der Waals surface area contributed by atoms with Gasteiger partial charge in [0, 0.05) is 23.3 Å². The summed E-state index contributed by atoms with van der Waals surface area (Å²) in [7, 11) is 0. The van der Waals surface area contributed by atoms with Gasteiger partial charge in [-0.25, -0.2) is 0 Å². The van der Waals surface area contributed by atoms with Crippen molar-refractivity contribution in [3.63, 3.8) is 0 Å². The highest BCUT2D eigenvalue weighted by Gasteiger charge is 2.47. The van der Waals surface area contributed by atoms with Crippen molar-refractivity contribution in [1.29, 1.82) is 0 Å². The lowest BCUT2D eigenvalue weighted by atomic mass is 9.89. The van der Waals surface area contributed by atoms with Gasteiger partial charge in [0.05, 0.1) is 17.3 Å². The number of pyridine rings is 1. The maximum absolute atomic E-state index is 13.5. The van der Waals surface area contributed by atoms with Gasteiger partial charge in [0.1, 0.15) is 5.76 Å². The highest BCUT2D eigenvalue weighted by molar-refractivity contribution is 6.52. The van der Waals surface area contributed by atoms with Crippen LogP contribution in [0.15, 0.2) is 90.8 Å². The zero-order chi connectivity index (χ0) is 23.9. The molecule has 2 heterocycles. The van der Waals surface area contributed by atoms with E-state index in [4.69, 9.17) is 0 Å². The molecule has 1 unspecified atom stereocenters. The minimum Gasteiger partial charge on any atom is -0.507 e. The molecule has 1 fully saturated rings. The SMILES string of the molecule is O=C1C(=O)N(c2cccc3ccccc23)C(c2cccnc2)/C1=C(\O)c1ccc2c(c1)CCCC2. The number of hydrogen-bond acceptors (Lipinski definition) is 4. The standard InChI is InChI=1S/C30H24N2O3/c33-28(22-15-14-19-7-1-2-9-21(19)17-22)26-27(23-11-6-16-31-18-23)32(30(35)29(26)34)25-13-5-10-20-8-3-4-12-24(20)25/h3-6,8,10-18,27,33H,1-2,7,9H2/b28-26+. The lowest BCUT2D eigenvalue weighted by Crippen LogP contribution is -2.29. The maximum atomic E-state index is 13.5. The molecule has 1 aliphatic carbocycles. The molecule has 35 heavy (non-hydrogen) atoms. The number of nitrogens with zero attached hydrogens (tertiary/aromatic N) is 2. The number of hydrogen-bond donors (Lipinski definition) is 1. The van der Waals surface area contributed by atoms with Crippen molar-refractivity contribution in [1.82, 2.24) is 4.98 Å². The maximum Gasteiger partial charge on any atom is 0.300 e. The molecule has 1 saturated heterocycles. The molecule has 1 aliphatic heterocycles. The van der Waals surface area contributed by atoms with Crippen LogP contribution in [0.1, 0.15) is 41.1 Å². The molecule has 0 bridgehead atoms. The van der Waals surface area contributed by atoms with Crippen LogP contribution in [-0.4, -0.2) is 21.8 Å². The van der Waals surface area contributed by atoms with Crippen molar-refractivity contribution < 1.29 is 14.7 Å². The number of aromatic nitrogens is 1. The molecule has 6 rings (SSSR count). The normalized spacial score (nSPS) is 19.2. The zero-order valence-corrected chi connectivity index (χ0v) is 19.1. The summed E-state index contributed by atoms with van der Waals surface area (Å²) in [5.41, 5.74) is 4.43. The third-order valence-electron chi connectivity index (χ3n) is 7.09. The van der Waals surface area contributed by atoms with Gasteiger partial charge in [-0.3, -0.25) is 19.5 Å². The number of aryl methyl sites for hydroxylation is 2. The number of ketones is 1. The van der Waals surface area contributed by atoms with Gasteiger partial charge in [-0.05, 0) is 66.0 Å². The summed E-state index contributed by atoms with van der Waals surface area (Å²) in [6.07, 6.45) is 7.55. The summed E-state index contributed by atoms with van der Waals surface area (Å²) in [5, 5.41) is 13.3. The van der Waals surface area contributed by atoms with E-state index >= 15 is 0 Å². The molecule has 1 atom stereocenters. The van der Waals surface area contributed by atoms with Crippen molar-refractivity contribution in [2.24, 2.45) is 0 Å². The highest BCUT2D eigenvalue weighted by atomic mass is 16.3. The molecular formula is C30H24N2O3. The molecule has 3 aromatic carbocycles. The molecule has 2 aliphatic rings. The Morgan fingerprint density at radius 2 is 1.69 bits per heavy atom. The van der Waals surface area contributed by atoms with Crippen LogP contribution >= 0.6 is 0 Å². The Kier molecular flexibility index (Phi) is 5.18. The first-order chi connectivity index (χ1) is 17.1. The van der Waals surface area contributed by atoms with Gasteiger partial charge < -0.3 is 5.11 Å². The van der Waals surface area contributed by atoms with Crippen molar-refractivity contribution in [2.75, 3.05) is 4.90 Å². The van der Waals surface area contributed by atoms with Gasteiger partial charge >= 0.3 is 0 Å². The number of Topliss-reactive ketones (excluding diaryl/α,β-unsaturated/α-hetero) is 1. The van der Waals surface area contributed by atoms with Gasteiger partial charge in [0.25, 0.3) is 11.7 Å². The van der Waals surface area contributed by atoms with Crippen molar-refractivity contribution >= 4 is 33.9 Å². The minimum atomic E-state index is -0.787. The molecule has 172 valence electrons. The average molecular weight is 461 g/mol. The van der Waals surface area contributed by atoms with E-state index in [0.29, 0.717) is 16.8 Å². The van der Waals surface area contributed by atoms with Gasteiger partial charge in [-0.1, -0.05) is 54.6 Å². The van der Waals surface area contributed by atoms with Crippen LogP contribution in [0.25, 0.3) is 16.5 Å². The predicted octanol–water partition coefficient (Wildman–Crippen LogP) is 5.74. The first-order valence-corrected chi connectivity index (χ1v) is 11.9. The van der Waals surface area contributed by atoms with Gasteiger partial charge in [-0.2, -0.15) is 0 Å². The molecule has 4 aromatic rings. The smallest absolute Gasteiger partial charge is 0.300 e. The minimum absolute atomic E-state index is 0.0895. The molecule has 1 amide bonds. The van der Waals surface area contributed by atoms with Gasteiger partial charge in [0.2, 0.25) is 0 Å². The number of amides is 1. The van der Waals surface area contributed by atoms with E-state index < -0.39 is 17.7 Å². The number of rotatable bonds is 3. The van der Waals surface area contributed by atoms with Crippen LogP contribution < -0.4 is 4.90 Å². The molecule has 5 nitrogen and oxygen atoms in total. The van der Waals surface area contributed by atoms with Crippen LogP contribution in [0.5, 0.6) is 0 Å². The molecule has 1 aromatic heterocycles. The lowest BCUT2D eigenvalue weighted by molar-refractivity contribution is -0.132. The van der Waals surface area contributed by atoms with Gasteiger partial charge in [-0.15, -0.1) is 0 Å². The largest absolute Gasteiger partial charge is 0.507 e. The van der Waals surface area contributed by atoms with E-state index in [-0.39, 0.29) is 11.3 Å². The van der Waals surface area contributed by atoms with E-state index in [1.54, 1.807) is 18.5 Å². The van der Waals surface area contributed by atoms with Crippen LogP contribution in [0.4, 0.5) is 5.69 Å². The summed E-state index contributed by atoms with van der Waals surface area (Å²) in [6, 6.07) is 22.1. The van der Waals surface area contributed by atoms with E-state index in [2.05, 4.69) is 4.98 Å². The molecule has 5 heteroatoms. The number of benzene rings is 3. The third-order valence-corrected chi connectivity index (χ3v) is 7.09. The second-order valence-electron chi connectivity index (χ2n) is 9.14. The average Bonchev–Trinajstić information content (AvgIpc) is 3.18. The highest BCUT2D eigenvalue weighted by Crippen LogP contribution is 2.44. The van der Waals surface area contributed by atoms with Crippen LogP contribution in [0, 0.1) is 0 Å². The number of fused-ring (bicyclic) bond motifs is 2. The van der Waals surface area contributed by atoms with Crippen LogP contribution in [-0.2, 0) is 22.4 Å². The number of carbonyl (C=O) groups is 2. The second-order valence-corrected chi connectivity index (χ2v) is 9.14. The Labute approximate surface area is 203 Å². The quantitative estimate of drug-likeness (QED) is 0.240. The number of aliphatic hydroxyl groups is 1. The van der Waals surface area contributed by atoms with Crippen molar-refractivity contribution in [3.8, 4) is 0 Å². The van der Waals surface area contributed by atoms with E-state index in [1.807, 2.05) is 66.7 Å². The summed E-state index contributed by atoms with van der Waals surface area (Å²) in [4.78, 5) is 32.8. The predicted molar refractivity (Wildman–Crippen MR) is 136 cm³/mol. The number of anilines is 1. The summed E-state index contributed by atoms with van der Waals surface area (Å²) >= 11 is 0.